The molecule has 0 unspecified atom stereocenters. The minimum Gasteiger partial charge on any atom is -0.352 e. The van der Waals surface area contributed by atoms with Gasteiger partial charge in [0, 0.05) is 19.0 Å². The van der Waals surface area contributed by atoms with E-state index in [1.54, 1.807) is 4.90 Å². The zero-order valence-corrected chi connectivity index (χ0v) is 17.4. The van der Waals surface area contributed by atoms with Crippen LogP contribution in [-0.4, -0.2) is 28.8 Å². The minimum atomic E-state index is -0.517. The number of amides is 2. The molecule has 0 radical (unpaired) electrons. The van der Waals surface area contributed by atoms with Crippen LogP contribution in [0.5, 0.6) is 0 Å². The molecule has 0 aliphatic heterocycles. The van der Waals surface area contributed by atoms with E-state index in [4.69, 9.17) is 0 Å². The van der Waals surface area contributed by atoms with Crippen LogP contribution in [0.15, 0.2) is 54.6 Å². The number of carbonyl (C=O) groups is 2. The fourth-order valence-electron chi connectivity index (χ4n) is 3.06. The van der Waals surface area contributed by atoms with E-state index in [0.717, 1.165) is 23.1 Å². The zero-order valence-electron chi connectivity index (χ0n) is 17.4. The van der Waals surface area contributed by atoms with Crippen molar-refractivity contribution in [2.24, 2.45) is 0 Å². The summed E-state index contributed by atoms with van der Waals surface area (Å²) in [5, 5.41) is 3.01. The Kier molecular flexibility index (Phi) is 8.24. The average Bonchev–Trinajstić information content (AvgIpc) is 2.71. The lowest BCUT2D eigenvalue weighted by Gasteiger charge is -2.30. The molecule has 2 amide bonds. The Balaban J connectivity index is 2.15. The van der Waals surface area contributed by atoms with Gasteiger partial charge in [-0.2, -0.15) is 0 Å². The second-order valence-corrected chi connectivity index (χ2v) is 7.43. The van der Waals surface area contributed by atoms with Crippen LogP contribution in [0.25, 0.3) is 0 Å². The van der Waals surface area contributed by atoms with Gasteiger partial charge >= 0.3 is 0 Å². The van der Waals surface area contributed by atoms with Crippen LogP contribution in [0.3, 0.4) is 0 Å². The number of nitrogens with zero attached hydrogens (tertiary/aromatic N) is 1. The number of hydrogen-bond acceptors (Lipinski definition) is 2. The highest BCUT2D eigenvalue weighted by Gasteiger charge is 2.26. The van der Waals surface area contributed by atoms with Gasteiger partial charge in [-0.1, -0.05) is 61.5 Å². The summed E-state index contributed by atoms with van der Waals surface area (Å²) < 4.78 is 0. The largest absolute Gasteiger partial charge is 0.352 e. The van der Waals surface area contributed by atoms with Crippen molar-refractivity contribution < 1.29 is 9.59 Å². The number of carbonyl (C=O) groups excluding carboxylic acids is 2. The maximum absolute atomic E-state index is 13.1. The molecule has 0 saturated carbocycles. The maximum Gasteiger partial charge on any atom is 0.242 e. The molecule has 28 heavy (non-hydrogen) atoms. The molecule has 2 atom stereocenters. The van der Waals surface area contributed by atoms with Crippen molar-refractivity contribution in [2.45, 2.75) is 65.6 Å². The third-order valence-corrected chi connectivity index (χ3v) is 5.24. The topological polar surface area (TPSA) is 49.4 Å². The molecule has 2 aromatic rings. The summed E-state index contributed by atoms with van der Waals surface area (Å²) >= 11 is 0. The van der Waals surface area contributed by atoms with Crippen molar-refractivity contribution in [2.75, 3.05) is 0 Å². The SMILES string of the molecule is CC[C@H](C)NC(=O)[C@@H](C)N(Cc1ccccc1C)C(=O)CCc1ccccc1. The molecule has 150 valence electrons. The lowest BCUT2D eigenvalue weighted by molar-refractivity contribution is -0.140. The predicted octanol–water partition coefficient (Wildman–Crippen LogP) is 4.26. The zero-order chi connectivity index (χ0) is 20.5. The number of rotatable bonds is 9. The lowest BCUT2D eigenvalue weighted by Crippen LogP contribution is -2.49. The highest BCUT2D eigenvalue weighted by Crippen LogP contribution is 2.16. The molecule has 0 aromatic heterocycles. The van der Waals surface area contributed by atoms with Gasteiger partial charge in [0.05, 0.1) is 0 Å². The molecule has 0 heterocycles. The summed E-state index contributed by atoms with van der Waals surface area (Å²) in [5.41, 5.74) is 3.32. The normalized spacial score (nSPS) is 12.9. The van der Waals surface area contributed by atoms with Gasteiger partial charge in [0.15, 0.2) is 0 Å². The van der Waals surface area contributed by atoms with Crippen molar-refractivity contribution >= 4 is 11.8 Å². The Labute approximate surface area is 169 Å². The van der Waals surface area contributed by atoms with Crippen LogP contribution in [0, 0.1) is 6.92 Å². The fraction of sp³-hybridized carbons (Fsp3) is 0.417. The van der Waals surface area contributed by atoms with Gasteiger partial charge in [-0.3, -0.25) is 9.59 Å². The van der Waals surface area contributed by atoms with Gasteiger partial charge < -0.3 is 10.2 Å². The number of nitrogens with one attached hydrogen (secondary N) is 1. The number of benzene rings is 2. The molecule has 0 spiro atoms. The van der Waals surface area contributed by atoms with Gasteiger partial charge in [0.2, 0.25) is 11.8 Å². The van der Waals surface area contributed by atoms with Gasteiger partial charge in [-0.05, 0) is 50.3 Å². The Hall–Kier alpha value is -2.62. The molecule has 2 aromatic carbocycles. The number of hydrogen-bond donors (Lipinski definition) is 1. The van der Waals surface area contributed by atoms with Gasteiger partial charge in [0.1, 0.15) is 6.04 Å². The van der Waals surface area contributed by atoms with Crippen molar-refractivity contribution in [1.29, 1.82) is 0 Å². The maximum atomic E-state index is 13.1. The van der Waals surface area contributed by atoms with Crippen molar-refractivity contribution in [3.05, 3.63) is 71.3 Å². The molecule has 0 saturated heterocycles. The molecule has 0 aliphatic rings. The average molecular weight is 381 g/mol. The van der Waals surface area contributed by atoms with Crippen molar-refractivity contribution in [1.82, 2.24) is 10.2 Å². The number of aryl methyl sites for hydroxylation is 2. The summed E-state index contributed by atoms with van der Waals surface area (Å²) in [4.78, 5) is 27.5. The van der Waals surface area contributed by atoms with E-state index >= 15 is 0 Å². The van der Waals surface area contributed by atoms with E-state index in [1.165, 1.54) is 0 Å². The summed E-state index contributed by atoms with van der Waals surface area (Å²) in [7, 11) is 0. The third-order valence-electron chi connectivity index (χ3n) is 5.24. The minimum absolute atomic E-state index is 0.00101. The molecule has 4 nitrogen and oxygen atoms in total. The smallest absolute Gasteiger partial charge is 0.242 e. The standard InChI is InChI=1S/C24H32N2O2/c1-5-19(3)25-24(28)20(4)26(17-22-14-10-9-11-18(22)2)23(27)16-15-21-12-7-6-8-13-21/h6-14,19-20H,5,15-17H2,1-4H3,(H,25,28)/t19-,20+/m0/s1. The summed E-state index contributed by atoms with van der Waals surface area (Å²) in [6, 6.07) is 17.6. The highest BCUT2D eigenvalue weighted by atomic mass is 16.2. The first-order valence-corrected chi connectivity index (χ1v) is 10.1. The summed E-state index contributed by atoms with van der Waals surface area (Å²) in [6.07, 6.45) is 1.92. The van der Waals surface area contributed by atoms with Crippen LogP contribution in [0.4, 0.5) is 0 Å². The first-order valence-electron chi connectivity index (χ1n) is 10.1. The molecule has 2 rings (SSSR count). The van der Waals surface area contributed by atoms with E-state index in [9.17, 15) is 9.59 Å². The summed E-state index contributed by atoms with van der Waals surface area (Å²) in [5.74, 6) is -0.102. The first-order chi connectivity index (χ1) is 13.4. The van der Waals surface area contributed by atoms with Crippen LogP contribution in [0.2, 0.25) is 0 Å². The van der Waals surface area contributed by atoms with E-state index in [2.05, 4.69) is 5.32 Å². The molecule has 0 fully saturated rings. The summed E-state index contributed by atoms with van der Waals surface area (Å²) in [6.45, 7) is 8.30. The van der Waals surface area contributed by atoms with Crippen molar-refractivity contribution in [3.8, 4) is 0 Å². The quantitative estimate of drug-likeness (QED) is 0.707. The monoisotopic (exact) mass is 380 g/mol. The second-order valence-electron chi connectivity index (χ2n) is 7.43. The van der Waals surface area contributed by atoms with Gasteiger partial charge in [-0.25, -0.2) is 0 Å². The van der Waals surface area contributed by atoms with Crippen LogP contribution in [0.1, 0.15) is 50.3 Å². The van der Waals surface area contributed by atoms with E-state index in [1.807, 2.05) is 82.3 Å². The third kappa shape index (κ3) is 6.22. The Morgan fingerprint density at radius 3 is 2.29 bits per heavy atom. The first kappa shape index (κ1) is 21.7. The highest BCUT2D eigenvalue weighted by molar-refractivity contribution is 5.87. The lowest BCUT2D eigenvalue weighted by atomic mass is 10.1. The molecule has 1 N–H and O–H groups in total. The van der Waals surface area contributed by atoms with E-state index in [0.29, 0.717) is 19.4 Å². The Morgan fingerprint density at radius 1 is 1.00 bits per heavy atom. The van der Waals surface area contributed by atoms with Gasteiger partial charge in [0.25, 0.3) is 0 Å². The Morgan fingerprint density at radius 2 is 1.64 bits per heavy atom. The molecule has 4 heteroatoms. The molecule has 0 aliphatic carbocycles. The van der Waals surface area contributed by atoms with Crippen LogP contribution in [-0.2, 0) is 22.6 Å². The fourth-order valence-corrected chi connectivity index (χ4v) is 3.06. The van der Waals surface area contributed by atoms with Crippen LogP contribution >= 0.6 is 0 Å². The van der Waals surface area contributed by atoms with E-state index < -0.39 is 6.04 Å². The second kappa shape index (κ2) is 10.6. The molecular weight excluding hydrogens is 348 g/mol. The van der Waals surface area contributed by atoms with Crippen LogP contribution < -0.4 is 5.32 Å². The molecular formula is C24H32N2O2. The molecule has 0 bridgehead atoms. The Bertz CT molecular complexity index is 773. The van der Waals surface area contributed by atoms with E-state index in [-0.39, 0.29) is 17.9 Å². The van der Waals surface area contributed by atoms with Gasteiger partial charge in [-0.15, -0.1) is 0 Å². The van der Waals surface area contributed by atoms with Crippen molar-refractivity contribution in [3.63, 3.8) is 0 Å². The predicted molar refractivity (Wildman–Crippen MR) is 114 cm³/mol.